The minimum atomic E-state index is -0.827. The van der Waals surface area contributed by atoms with Crippen molar-refractivity contribution in [2.24, 2.45) is 0 Å². The molecule has 0 aliphatic carbocycles. The number of aromatic nitrogens is 1. The SMILES string of the molecule is CC(=O)N(CCC(=O)N1CCN(c2ccccn2)CC1)c1ccc(F)cc1F. The van der Waals surface area contributed by atoms with Gasteiger partial charge in [0.05, 0.1) is 5.69 Å². The predicted molar refractivity (Wildman–Crippen MR) is 102 cm³/mol. The van der Waals surface area contributed by atoms with Gasteiger partial charge in [0, 0.05) is 58.3 Å². The van der Waals surface area contributed by atoms with Crippen molar-refractivity contribution in [3.8, 4) is 0 Å². The molecule has 0 saturated carbocycles. The Balaban J connectivity index is 1.56. The molecule has 148 valence electrons. The number of carbonyl (C=O) groups is 2. The molecule has 1 aromatic heterocycles. The summed E-state index contributed by atoms with van der Waals surface area (Å²) >= 11 is 0. The van der Waals surface area contributed by atoms with Crippen LogP contribution in [0.2, 0.25) is 0 Å². The minimum Gasteiger partial charge on any atom is -0.353 e. The lowest BCUT2D eigenvalue weighted by Crippen LogP contribution is -2.49. The maximum atomic E-state index is 14.0. The third kappa shape index (κ3) is 4.62. The number of pyridine rings is 1. The van der Waals surface area contributed by atoms with E-state index in [0.29, 0.717) is 26.2 Å². The first-order valence-corrected chi connectivity index (χ1v) is 9.12. The molecule has 0 radical (unpaired) electrons. The van der Waals surface area contributed by atoms with E-state index in [0.717, 1.165) is 22.9 Å². The molecule has 2 aromatic rings. The molecule has 1 aliphatic heterocycles. The Morgan fingerprint density at radius 1 is 1.11 bits per heavy atom. The number of piperazine rings is 1. The fraction of sp³-hybridized carbons (Fsp3) is 0.350. The summed E-state index contributed by atoms with van der Waals surface area (Å²) in [5, 5.41) is 0. The molecule has 0 bridgehead atoms. The summed E-state index contributed by atoms with van der Waals surface area (Å²) in [6.45, 7) is 3.79. The van der Waals surface area contributed by atoms with Crippen molar-refractivity contribution >= 4 is 23.3 Å². The van der Waals surface area contributed by atoms with Crippen LogP contribution in [0.1, 0.15) is 13.3 Å². The second kappa shape index (κ2) is 8.77. The van der Waals surface area contributed by atoms with Crippen molar-refractivity contribution < 1.29 is 18.4 Å². The molecule has 0 N–H and O–H groups in total. The van der Waals surface area contributed by atoms with Crippen LogP contribution >= 0.6 is 0 Å². The van der Waals surface area contributed by atoms with Crippen LogP contribution in [-0.4, -0.2) is 54.4 Å². The topological polar surface area (TPSA) is 56.8 Å². The van der Waals surface area contributed by atoms with Crippen LogP contribution in [0.25, 0.3) is 0 Å². The zero-order chi connectivity index (χ0) is 20.1. The van der Waals surface area contributed by atoms with Gasteiger partial charge in [-0.15, -0.1) is 0 Å². The molecule has 2 heterocycles. The molecule has 8 heteroatoms. The van der Waals surface area contributed by atoms with Gasteiger partial charge in [0.25, 0.3) is 0 Å². The summed E-state index contributed by atoms with van der Waals surface area (Å²) in [7, 11) is 0. The molecule has 1 aromatic carbocycles. The Kier molecular flexibility index (Phi) is 6.18. The first kappa shape index (κ1) is 19.7. The number of amides is 2. The van der Waals surface area contributed by atoms with Crippen LogP contribution in [0, 0.1) is 11.6 Å². The second-order valence-corrected chi connectivity index (χ2v) is 6.57. The largest absolute Gasteiger partial charge is 0.353 e. The van der Waals surface area contributed by atoms with E-state index in [1.165, 1.54) is 13.0 Å². The van der Waals surface area contributed by atoms with Crippen molar-refractivity contribution in [1.82, 2.24) is 9.88 Å². The highest BCUT2D eigenvalue weighted by Crippen LogP contribution is 2.21. The van der Waals surface area contributed by atoms with E-state index in [-0.39, 0.29) is 24.6 Å². The molecular weight excluding hydrogens is 366 g/mol. The first-order valence-electron chi connectivity index (χ1n) is 9.12. The number of hydrogen-bond acceptors (Lipinski definition) is 4. The summed E-state index contributed by atoms with van der Waals surface area (Å²) in [5.74, 6) is -1.17. The molecule has 0 atom stereocenters. The van der Waals surface area contributed by atoms with Crippen LogP contribution in [0.15, 0.2) is 42.6 Å². The van der Waals surface area contributed by atoms with E-state index < -0.39 is 17.5 Å². The van der Waals surface area contributed by atoms with Crippen LogP contribution in [0.3, 0.4) is 0 Å². The monoisotopic (exact) mass is 388 g/mol. The summed E-state index contributed by atoms with van der Waals surface area (Å²) in [5.41, 5.74) is -0.0262. The lowest BCUT2D eigenvalue weighted by Gasteiger charge is -2.35. The number of nitrogens with zero attached hydrogens (tertiary/aromatic N) is 4. The average molecular weight is 388 g/mol. The van der Waals surface area contributed by atoms with E-state index >= 15 is 0 Å². The van der Waals surface area contributed by atoms with Crippen molar-refractivity contribution in [2.45, 2.75) is 13.3 Å². The zero-order valence-electron chi connectivity index (χ0n) is 15.6. The smallest absolute Gasteiger partial charge is 0.224 e. The van der Waals surface area contributed by atoms with Crippen LogP contribution in [0.5, 0.6) is 0 Å². The van der Waals surface area contributed by atoms with Gasteiger partial charge in [-0.3, -0.25) is 9.59 Å². The highest BCUT2D eigenvalue weighted by Gasteiger charge is 2.23. The Labute approximate surface area is 162 Å². The molecule has 0 spiro atoms. The van der Waals surface area contributed by atoms with Crippen molar-refractivity contribution in [2.75, 3.05) is 42.5 Å². The predicted octanol–water partition coefficient (Wildman–Crippen LogP) is 2.45. The molecule has 1 saturated heterocycles. The van der Waals surface area contributed by atoms with Gasteiger partial charge in [-0.05, 0) is 24.3 Å². The molecule has 1 fully saturated rings. The quantitative estimate of drug-likeness (QED) is 0.790. The number of anilines is 2. The Bertz CT molecular complexity index is 839. The van der Waals surface area contributed by atoms with E-state index in [9.17, 15) is 18.4 Å². The molecule has 28 heavy (non-hydrogen) atoms. The molecule has 2 amide bonds. The number of rotatable bonds is 5. The van der Waals surface area contributed by atoms with E-state index in [1.807, 2.05) is 18.2 Å². The van der Waals surface area contributed by atoms with Crippen molar-refractivity contribution in [3.63, 3.8) is 0 Å². The number of carbonyl (C=O) groups excluding carboxylic acids is 2. The Morgan fingerprint density at radius 2 is 1.86 bits per heavy atom. The molecule has 6 nitrogen and oxygen atoms in total. The molecule has 1 aliphatic rings. The second-order valence-electron chi connectivity index (χ2n) is 6.57. The maximum Gasteiger partial charge on any atom is 0.224 e. The lowest BCUT2D eigenvalue weighted by atomic mass is 10.2. The van der Waals surface area contributed by atoms with Crippen LogP contribution < -0.4 is 9.80 Å². The summed E-state index contributed by atoms with van der Waals surface area (Å²) in [6.07, 6.45) is 1.80. The van der Waals surface area contributed by atoms with Gasteiger partial charge >= 0.3 is 0 Å². The van der Waals surface area contributed by atoms with Crippen molar-refractivity contribution in [3.05, 3.63) is 54.2 Å². The first-order chi connectivity index (χ1) is 13.5. The van der Waals surface area contributed by atoms with Gasteiger partial charge in [0.15, 0.2) is 0 Å². The van der Waals surface area contributed by atoms with E-state index in [1.54, 1.807) is 11.1 Å². The van der Waals surface area contributed by atoms with Crippen LogP contribution in [-0.2, 0) is 9.59 Å². The summed E-state index contributed by atoms with van der Waals surface area (Å²) in [6, 6.07) is 8.73. The normalized spacial score (nSPS) is 14.1. The Hall–Kier alpha value is -3.03. The van der Waals surface area contributed by atoms with E-state index in [4.69, 9.17) is 0 Å². The average Bonchev–Trinajstić information content (AvgIpc) is 2.70. The Morgan fingerprint density at radius 3 is 2.46 bits per heavy atom. The third-order valence-corrected chi connectivity index (χ3v) is 4.74. The van der Waals surface area contributed by atoms with Gasteiger partial charge < -0.3 is 14.7 Å². The fourth-order valence-corrected chi connectivity index (χ4v) is 3.24. The van der Waals surface area contributed by atoms with Crippen molar-refractivity contribution in [1.29, 1.82) is 0 Å². The highest BCUT2D eigenvalue weighted by atomic mass is 19.1. The third-order valence-electron chi connectivity index (χ3n) is 4.74. The fourth-order valence-electron chi connectivity index (χ4n) is 3.24. The zero-order valence-corrected chi connectivity index (χ0v) is 15.6. The molecular formula is C20H22F2N4O2. The minimum absolute atomic E-state index is 0.0262. The summed E-state index contributed by atoms with van der Waals surface area (Å²) < 4.78 is 27.1. The van der Waals surface area contributed by atoms with Gasteiger partial charge in [0.2, 0.25) is 11.8 Å². The number of hydrogen-bond donors (Lipinski definition) is 0. The molecule has 0 unspecified atom stereocenters. The van der Waals surface area contributed by atoms with E-state index in [2.05, 4.69) is 9.88 Å². The van der Waals surface area contributed by atoms with Gasteiger partial charge in [-0.25, -0.2) is 13.8 Å². The van der Waals surface area contributed by atoms with Crippen LogP contribution in [0.4, 0.5) is 20.3 Å². The maximum absolute atomic E-state index is 14.0. The standard InChI is InChI=1S/C20H22F2N4O2/c1-15(27)26(18-6-5-16(21)14-17(18)22)9-7-20(28)25-12-10-24(11-13-25)19-4-2-3-8-23-19/h2-6,8,14H,7,9-13H2,1H3. The molecule has 3 rings (SSSR count). The van der Waals surface area contributed by atoms with Gasteiger partial charge in [-0.1, -0.05) is 6.07 Å². The van der Waals surface area contributed by atoms with Gasteiger partial charge in [-0.2, -0.15) is 0 Å². The number of benzene rings is 1. The summed E-state index contributed by atoms with van der Waals surface area (Å²) in [4.78, 5) is 33.8. The van der Waals surface area contributed by atoms with Gasteiger partial charge in [0.1, 0.15) is 17.5 Å². The number of halogens is 2. The lowest BCUT2D eigenvalue weighted by molar-refractivity contribution is -0.131. The highest BCUT2D eigenvalue weighted by molar-refractivity contribution is 5.92.